The van der Waals surface area contributed by atoms with E-state index in [0.717, 1.165) is 22.2 Å². The number of aromatic nitrogens is 2. The van der Waals surface area contributed by atoms with Gasteiger partial charge in [0, 0.05) is 16.8 Å². The Balaban J connectivity index is 1.21. The molecule has 0 aliphatic heterocycles. The van der Waals surface area contributed by atoms with Crippen LogP contribution in [0.2, 0.25) is 5.02 Å². The third-order valence-electron chi connectivity index (χ3n) is 5.46. The quantitative estimate of drug-likeness (QED) is 0.224. The van der Waals surface area contributed by atoms with Crippen molar-refractivity contribution >= 4 is 51.6 Å². The largest absolute Gasteiger partial charge is 0.489 e. The van der Waals surface area contributed by atoms with Crippen molar-refractivity contribution in [3.8, 4) is 17.1 Å². The van der Waals surface area contributed by atoms with Gasteiger partial charge in [0.15, 0.2) is 5.11 Å². The number of carbonyl (C=O) groups is 1. The van der Waals surface area contributed by atoms with Gasteiger partial charge in [-0.05, 0) is 72.4 Å². The van der Waals surface area contributed by atoms with Crippen LogP contribution in [0, 0.1) is 0 Å². The number of hydrogen-bond donors (Lipinski definition) is 3. The number of nitrogens with one attached hydrogen (secondary N) is 3. The normalized spacial score (nSPS) is 10.7. The Morgan fingerprint density at radius 3 is 2.47 bits per heavy atom. The van der Waals surface area contributed by atoms with E-state index in [2.05, 4.69) is 20.6 Å². The minimum atomic E-state index is -0.325. The molecule has 4 aromatic carbocycles. The summed E-state index contributed by atoms with van der Waals surface area (Å²) in [6.45, 7) is 0.456. The summed E-state index contributed by atoms with van der Waals surface area (Å²) >= 11 is 11.8. The van der Waals surface area contributed by atoms with Gasteiger partial charge in [-0.2, -0.15) is 0 Å². The molecule has 3 N–H and O–H groups in total. The SMILES string of the molecule is O=C(NC(=S)Nc1ccc(Cl)c(-c2nc3ccccc3[nH]2)c1)c1ccc(OCc2ccccc2)cc1. The molecule has 36 heavy (non-hydrogen) atoms. The monoisotopic (exact) mass is 512 g/mol. The molecule has 1 heterocycles. The van der Waals surface area contributed by atoms with Crippen molar-refractivity contribution < 1.29 is 9.53 Å². The summed E-state index contributed by atoms with van der Waals surface area (Å²) in [4.78, 5) is 20.5. The van der Waals surface area contributed by atoms with E-state index in [1.54, 1.807) is 36.4 Å². The molecule has 0 radical (unpaired) electrons. The smallest absolute Gasteiger partial charge is 0.257 e. The number of anilines is 1. The summed E-state index contributed by atoms with van der Waals surface area (Å²) < 4.78 is 5.78. The van der Waals surface area contributed by atoms with Crippen molar-refractivity contribution in [1.82, 2.24) is 15.3 Å². The number of benzene rings is 4. The lowest BCUT2D eigenvalue weighted by molar-refractivity contribution is 0.0977. The summed E-state index contributed by atoms with van der Waals surface area (Å²) in [5, 5.41) is 6.45. The van der Waals surface area contributed by atoms with E-state index in [1.165, 1.54) is 0 Å². The van der Waals surface area contributed by atoms with Crippen LogP contribution in [0.25, 0.3) is 22.4 Å². The highest BCUT2D eigenvalue weighted by atomic mass is 35.5. The Kier molecular flexibility index (Phi) is 6.93. The lowest BCUT2D eigenvalue weighted by atomic mass is 10.2. The fourth-order valence-electron chi connectivity index (χ4n) is 3.65. The van der Waals surface area contributed by atoms with Gasteiger partial charge in [0.05, 0.1) is 16.1 Å². The summed E-state index contributed by atoms with van der Waals surface area (Å²) in [7, 11) is 0. The number of H-pyrrole nitrogens is 1. The van der Waals surface area contributed by atoms with Gasteiger partial charge in [0.1, 0.15) is 18.2 Å². The first-order chi connectivity index (χ1) is 17.5. The van der Waals surface area contributed by atoms with Crippen LogP contribution >= 0.6 is 23.8 Å². The number of ether oxygens (including phenoxy) is 1. The molecule has 8 heteroatoms. The van der Waals surface area contributed by atoms with E-state index in [-0.39, 0.29) is 11.0 Å². The molecule has 6 nitrogen and oxygen atoms in total. The molecular formula is C28H21ClN4O2S. The average Bonchev–Trinajstić information content (AvgIpc) is 3.33. The maximum absolute atomic E-state index is 12.7. The molecule has 0 aliphatic carbocycles. The van der Waals surface area contributed by atoms with E-state index in [0.29, 0.717) is 34.5 Å². The van der Waals surface area contributed by atoms with E-state index < -0.39 is 0 Å². The lowest BCUT2D eigenvalue weighted by Crippen LogP contribution is -2.34. The molecule has 0 fully saturated rings. The third kappa shape index (κ3) is 5.54. The minimum absolute atomic E-state index is 0.169. The fraction of sp³-hybridized carbons (Fsp3) is 0.0357. The number of imidazole rings is 1. The van der Waals surface area contributed by atoms with Crippen LogP contribution in [0.15, 0.2) is 97.1 Å². The second kappa shape index (κ2) is 10.6. The molecule has 0 aliphatic rings. The molecule has 0 saturated carbocycles. The molecule has 5 rings (SSSR count). The summed E-state index contributed by atoms with van der Waals surface area (Å²) in [6, 6.07) is 29.9. The van der Waals surface area contributed by atoms with Crippen molar-refractivity contribution in [2.24, 2.45) is 0 Å². The van der Waals surface area contributed by atoms with Crippen LogP contribution < -0.4 is 15.4 Å². The number of thiocarbonyl (C=S) groups is 1. The summed E-state index contributed by atoms with van der Waals surface area (Å²) in [5.74, 6) is 0.998. The van der Waals surface area contributed by atoms with Gasteiger partial charge in [-0.25, -0.2) is 4.98 Å². The van der Waals surface area contributed by atoms with Crippen molar-refractivity contribution in [3.63, 3.8) is 0 Å². The molecule has 1 amide bonds. The zero-order valence-corrected chi connectivity index (χ0v) is 20.6. The zero-order chi connectivity index (χ0) is 24.9. The third-order valence-corrected chi connectivity index (χ3v) is 5.99. The van der Waals surface area contributed by atoms with Crippen molar-refractivity contribution in [3.05, 3.63) is 113 Å². The standard InChI is InChI=1S/C28H21ClN4O2S/c29-23-15-12-20(16-22(23)26-31-24-8-4-5-9-25(24)32-26)30-28(36)33-27(34)19-10-13-21(14-11-19)35-17-18-6-2-1-3-7-18/h1-16H,17H2,(H,31,32)(H2,30,33,34,36). The number of aromatic amines is 1. The Bertz CT molecular complexity index is 1500. The van der Waals surface area contributed by atoms with E-state index in [4.69, 9.17) is 28.6 Å². The first-order valence-corrected chi connectivity index (χ1v) is 12.0. The van der Waals surface area contributed by atoms with Crippen molar-refractivity contribution in [2.45, 2.75) is 6.61 Å². The Morgan fingerprint density at radius 2 is 1.69 bits per heavy atom. The Hall–Kier alpha value is -4.20. The van der Waals surface area contributed by atoms with E-state index in [1.807, 2.05) is 60.7 Å². The average molecular weight is 513 g/mol. The fourth-order valence-corrected chi connectivity index (χ4v) is 4.06. The molecule has 0 saturated heterocycles. The highest BCUT2D eigenvalue weighted by Gasteiger charge is 2.12. The van der Waals surface area contributed by atoms with Gasteiger partial charge < -0.3 is 15.0 Å². The van der Waals surface area contributed by atoms with E-state index in [9.17, 15) is 4.79 Å². The number of amides is 1. The van der Waals surface area contributed by atoms with Crippen molar-refractivity contribution in [2.75, 3.05) is 5.32 Å². The summed E-state index contributed by atoms with van der Waals surface area (Å²) in [5.41, 5.74) is 4.69. The van der Waals surface area contributed by atoms with Crippen LogP contribution in [0.5, 0.6) is 5.75 Å². The van der Waals surface area contributed by atoms with E-state index >= 15 is 0 Å². The maximum Gasteiger partial charge on any atom is 0.257 e. The van der Waals surface area contributed by atoms with Gasteiger partial charge in [-0.1, -0.05) is 54.1 Å². The Labute approximate surface area is 218 Å². The molecule has 0 bridgehead atoms. The van der Waals surface area contributed by atoms with Gasteiger partial charge in [-0.3, -0.25) is 10.1 Å². The van der Waals surface area contributed by atoms with Crippen molar-refractivity contribution in [1.29, 1.82) is 0 Å². The predicted octanol–water partition coefficient (Wildman–Crippen LogP) is 6.59. The number of fused-ring (bicyclic) bond motifs is 1. The molecule has 0 spiro atoms. The maximum atomic E-state index is 12.7. The summed E-state index contributed by atoms with van der Waals surface area (Å²) in [6.07, 6.45) is 0. The number of rotatable bonds is 6. The first-order valence-electron chi connectivity index (χ1n) is 11.2. The number of halogens is 1. The van der Waals surface area contributed by atoms with Gasteiger partial charge in [0.2, 0.25) is 0 Å². The van der Waals surface area contributed by atoms with Crippen LogP contribution in [0.1, 0.15) is 15.9 Å². The second-order valence-corrected chi connectivity index (χ2v) is 8.82. The molecular weight excluding hydrogens is 492 g/mol. The lowest BCUT2D eigenvalue weighted by Gasteiger charge is -2.12. The molecule has 0 atom stereocenters. The topological polar surface area (TPSA) is 79.0 Å². The molecule has 1 aromatic heterocycles. The second-order valence-electron chi connectivity index (χ2n) is 8.00. The van der Waals surface area contributed by atoms with Crippen LogP contribution in [-0.4, -0.2) is 21.0 Å². The van der Waals surface area contributed by atoms with Gasteiger partial charge in [0.25, 0.3) is 5.91 Å². The highest BCUT2D eigenvalue weighted by molar-refractivity contribution is 7.80. The van der Waals surface area contributed by atoms with Crippen LogP contribution in [-0.2, 0) is 6.61 Å². The van der Waals surface area contributed by atoms with Gasteiger partial charge >= 0.3 is 0 Å². The minimum Gasteiger partial charge on any atom is -0.489 e. The Morgan fingerprint density at radius 1 is 0.944 bits per heavy atom. The van der Waals surface area contributed by atoms with Crippen LogP contribution in [0.4, 0.5) is 5.69 Å². The van der Waals surface area contributed by atoms with Gasteiger partial charge in [-0.15, -0.1) is 0 Å². The number of para-hydroxylation sites is 2. The molecule has 178 valence electrons. The zero-order valence-electron chi connectivity index (χ0n) is 19.0. The number of hydrogen-bond acceptors (Lipinski definition) is 4. The molecule has 0 unspecified atom stereocenters. The number of nitrogens with zero attached hydrogens (tertiary/aromatic N) is 1. The first kappa shape index (κ1) is 23.5. The molecule has 5 aromatic rings. The number of carbonyl (C=O) groups excluding carboxylic acids is 1. The highest BCUT2D eigenvalue weighted by Crippen LogP contribution is 2.30. The van der Waals surface area contributed by atoms with Crippen LogP contribution in [0.3, 0.4) is 0 Å². The predicted molar refractivity (Wildman–Crippen MR) is 147 cm³/mol.